The highest BCUT2D eigenvalue weighted by Crippen LogP contribution is 2.33. The van der Waals surface area contributed by atoms with Crippen LogP contribution in [-0.2, 0) is 4.79 Å². The average molecular weight is 226 g/mol. The van der Waals surface area contributed by atoms with Gasteiger partial charge in [-0.25, -0.2) is 0 Å². The highest BCUT2D eigenvalue weighted by Gasteiger charge is 2.30. The van der Waals surface area contributed by atoms with E-state index in [9.17, 15) is 4.79 Å². The van der Waals surface area contributed by atoms with E-state index in [1.807, 2.05) is 6.92 Å². The van der Waals surface area contributed by atoms with Crippen molar-refractivity contribution < 1.29 is 4.79 Å². The van der Waals surface area contributed by atoms with Crippen molar-refractivity contribution in [3.8, 4) is 0 Å². The minimum absolute atomic E-state index is 0.160. The second kappa shape index (κ2) is 6.89. The molecule has 0 heterocycles. The molecule has 1 aliphatic carbocycles. The molecule has 1 amide bonds. The summed E-state index contributed by atoms with van der Waals surface area (Å²) in [5.74, 6) is 1.80. The molecule has 3 nitrogen and oxygen atoms in total. The van der Waals surface area contributed by atoms with E-state index in [1.54, 1.807) is 0 Å². The molecule has 1 fully saturated rings. The van der Waals surface area contributed by atoms with Crippen molar-refractivity contribution in [3.05, 3.63) is 0 Å². The van der Waals surface area contributed by atoms with Crippen LogP contribution < -0.4 is 10.6 Å². The van der Waals surface area contributed by atoms with Gasteiger partial charge in [-0.2, -0.15) is 0 Å². The Bertz CT molecular complexity index is 218. The lowest BCUT2D eigenvalue weighted by molar-refractivity contribution is -0.120. The summed E-state index contributed by atoms with van der Waals surface area (Å²) in [6.07, 6.45) is 4.51. The van der Waals surface area contributed by atoms with Gasteiger partial charge >= 0.3 is 0 Å². The molecule has 0 radical (unpaired) electrons. The molecule has 0 aromatic heterocycles. The summed E-state index contributed by atoms with van der Waals surface area (Å²) in [5.41, 5.74) is 0. The second-order valence-corrected chi connectivity index (χ2v) is 4.87. The fourth-order valence-electron chi connectivity index (χ4n) is 2.77. The van der Waals surface area contributed by atoms with E-state index in [-0.39, 0.29) is 5.91 Å². The Hall–Kier alpha value is -0.570. The molecule has 0 aromatic rings. The largest absolute Gasteiger partial charge is 0.356 e. The van der Waals surface area contributed by atoms with Crippen LogP contribution in [0.2, 0.25) is 0 Å². The maximum atomic E-state index is 11.3. The number of rotatable bonds is 6. The van der Waals surface area contributed by atoms with Gasteiger partial charge < -0.3 is 10.6 Å². The summed E-state index contributed by atoms with van der Waals surface area (Å²) < 4.78 is 0. The molecule has 3 atom stereocenters. The van der Waals surface area contributed by atoms with E-state index in [0.29, 0.717) is 12.5 Å². The zero-order valence-electron chi connectivity index (χ0n) is 10.9. The molecule has 0 saturated heterocycles. The zero-order valence-corrected chi connectivity index (χ0v) is 10.9. The molecule has 94 valence electrons. The van der Waals surface area contributed by atoms with E-state index in [1.165, 1.54) is 19.3 Å². The van der Waals surface area contributed by atoms with Gasteiger partial charge in [-0.05, 0) is 31.6 Å². The standard InChI is InChI=1S/C13H26N2O/c1-4-11-6-7-12(10(11)3)15-9-8-13(16)14-5-2/h10-12,15H,4-9H2,1-3H3,(H,14,16). The van der Waals surface area contributed by atoms with Crippen molar-refractivity contribution in [1.29, 1.82) is 0 Å². The minimum atomic E-state index is 0.160. The van der Waals surface area contributed by atoms with Crippen LogP contribution in [0, 0.1) is 11.8 Å². The Kier molecular flexibility index (Phi) is 5.81. The Balaban J connectivity index is 2.16. The van der Waals surface area contributed by atoms with Crippen LogP contribution in [0.15, 0.2) is 0 Å². The Morgan fingerprint density at radius 3 is 2.62 bits per heavy atom. The molecule has 0 spiro atoms. The van der Waals surface area contributed by atoms with Gasteiger partial charge in [-0.15, -0.1) is 0 Å². The first kappa shape index (κ1) is 13.5. The third-order valence-corrected chi connectivity index (χ3v) is 3.88. The van der Waals surface area contributed by atoms with Gasteiger partial charge in [0, 0.05) is 25.6 Å². The van der Waals surface area contributed by atoms with Crippen molar-refractivity contribution in [3.63, 3.8) is 0 Å². The Morgan fingerprint density at radius 2 is 2.06 bits per heavy atom. The molecular weight excluding hydrogens is 200 g/mol. The van der Waals surface area contributed by atoms with Gasteiger partial charge in [0.15, 0.2) is 0 Å². The lowest BCUT2D eigenvalue weighted by Gasteiger charge is -2.20. The summed E-state index contributed by atoms with van der Waals surface area (Å²) in [5, 5.41) is 6.35. The molecule has 1 rings (SSSR count). The summed E-state index contributed by atoms with van der Waals surface area (Å²) in [6, 6.07) is 0.624. The smallest absolute Gasteiger partial charge is 0.221 e. The molecule has 3 unspecified atom stereocenters. The summed E-state index contributed by atoms with van der Waals surface area (Å²) in [7, 11) is 0. The summed E-state index contributed by atoms with van der Waals surface area (Å²) in [6.45, 7) is 8.12. The van der Waals surface area contributed by atoms with Crippen LogP contribution in [0.3, 0.4) is 0 Å². The Labute approximate surface area is 99.4 Å². The fourth-order valence-corrected chi connectivity index (χ4v) is 2.77. The van der Waals surface area contributed by atoms with Gasteiger partial charge in [0.05, 0.1) is 0 Å². The molecule has 16 heavy (non-hydrogen) atoms. The molecular formula is C13H26N2O. The van der Waals surface area contributed by atoms with Gasteiger partial charge in [0.1, 0.15) is 0 Å². The first-order chi connectivity index (χ1) is 7.69. The molecule has 3 heteroatoms. The van der Waals surface area contributed by atoms with Gasteiger partial charge in [0.25, 0.3) is 0 Å². The predicted octanol–water partition coefficient (Wildman–Crippen LogP) is 1.93. The highest BCUT2D eigenvalue weighted by atomic mass is 16.1. The normalized spacial score (nSPS) is 29.3. The maximum Gasteiger partial charge on any atom is 0.221 e. The first-order valence-corrected chi connectivity index (χ1v) is 6.69. The van der Waals surface area contributed by atoms with E-state index in [2.05, 4.69) is 24.5 Å². The number of nitrogens with one attached hydrogen (secondary N) is 2. The van der Waals surface area contributed by atoms with Crippen molar-refractivity contribution in [2.45, 2.75) is 52.5 Å². The van der Waals surface area contributed by atoms with E-state index >= 15 is 0 Å². The molecule has 1 aliphatic rings. The first-order valence-electron chi connectivity index (χ1n) is 6.69. The number of carbonyl (C=O) groups excluding carboxylic acids is 1. The van der Waals surface area contributed by atoms with Crippen molar-refractivity contribution in [2.75, 3.05) is 13.1 Å². The predicted molar refractivity (Wildman–Crippen MR) is 67.3 cm³/mol. The fraction of sp³-hybridized carbons (Fsp3) is 0.923. The molecule has 0 bridgehead atoms. The quantitative estimate of drug-likeness (QED) is 0.726. The van der Waals surface area contributed by atoms with E-state index in [0.717, 1.165) is 24.9 Å². The van der Waals surface area contributed by atoms with Crippen LogP contribution >= 0.6 is 0 Å². The maximum absolute atomic E-state index is 11.3. The minimum Gasteiger partial charge on any atom is -0.356 e. The van der Waals surface area contributed by atoms with Gasteiger partial charge in [0.2, 0.25) is 5.91 Å². The van der Waals surface area contributed by atoms with Crippen molar-refractivity contribution >= 4 is 5.91 Å². The van der Waals surface area contributed by atoms with E-state index < -0.39 is 0 Å². The van der Waals surface area contributed by atoms with Crippen LogP contribution in [0.5, 0.6) is 0 Å². The highest BCUT2D eigenvalue weighted by molar-refractivity contribution is 5.75. The topological polar surface area (TPSA) is 41.1 Å². The summed E-state index contributed by atoms with van der Waals surface area (Å²) >= 11 is 0. The number of hydrogen-bond donors (Lipinski definition) is 2. The zero-order chi connectivity index (χ0) is 12.0. The SMILES string of the molecule is CCNC(=O)CCNC1CCC(CC)C1C. The Morgan fingerprint density at radius 1 is 1.31 bits per heavy atom. The monoisotopic (exact) mass is 226 g/mol. The van der Waals surface area contributed by atoms with E-state index in [4.69, 9.17) is 0 Å². The lowest BCUT2D eigenvalue weighted by Crippen LogP contribution is -2.35. The third-order valence-electron chi connectivity index (χ3n) is 3.88. The third kappa shape index (κ3) is 3.78. The van der Waals surface area contributed by atoms with Crippen LogP contribution in [0.1, 0.15) is 46.5 Å². The van der Waals surface area contributed by atoms with Crippen molar-refractivity contribution in [2.24, 2.45) is 11.8 Å². The molecule has 2 N–H and O–H groups in total. The van der Waals surface area contributed by atoms with Gasteiger partial charge in [-0.1, -0.05) is 20.3 Å². The molecule has 1 saturated carbocycles. The van der Waals surface area contributed by atoms with Crippen LogP contribution in [0.25, 0.3) is 0 Å². The van der Waals surface area contributed by atoms with Gasteiger partial charge in [-0.3, -0.25) is 4.79 Å². The lowest BCUT2D eigenvalue weighted by atomic mass is 9.93. The molecule has 0 aromatic carbocycles. The van der Waals surface area contributed by atoms with Crippen LogP contribution in [0.4, 0.5) is 0 Å². The number of hydrogen-bond acceptors (Lipinski definition) is 2. The van der Waals surface area contributed by atoms with Crippen molar-refractivity contribution in [1.82, 2.24) is 10.6 Å². The number of carbonyl (C=O) groups is 1. The number of amides is 1. The molecule has 0 aliphatic heterocycles. The van der Waals surface area contributed by atoms with Crippen LogP contribution in [-0.4, -0.2) is 25.0 Å². The average Bonchev–Trinajstić information content (AvgIpc) is 2.60. The summed E-state index contributed by atoms with van der Waals surface area (Å²) in [4.78, 5) is 11.3. The second-order valence-electron chi connectivity index (χ2n) is 4.87.